The summed E-state index contributed by atoms with van der Waals surface area (Å²) in [7, 11) is 0. The molecule has 0 spiro atoms. The van der Waals surface area contributed by atoms with E-state index >= 15 is 0 Å². The predicted molar refractivity (Wildman–Crippen MR) is 184 cm³/mol. The summed E-state index contributed by atoms with van der Waals surface area (Å²) in [5.74, 6) is 1.83. The third-order valence-electron chi connectivity index (χ3n) is 8.97. The summed E-state index contributed by atoms with van der Waals surface area (Å²) in [4.78, 5) is 7.10. The first-order valence-electron chi connectivity index (χ1n) is 17.4. The van der Waals surface area contributed by atoms with Gasteiger partial charge in [-0.05, 0) is 66.0 Å². The minimum atomic E-state index is -2.40. The van der Waals surface area contributed by atoms with Crippen LogP contribution in [0.3, 0.4) is 0 Å². The number of hydrogen-bond donors (Lipinski definition) is 0. The van der Waals surface area contributed by atoms with Crippen LogP contribution in [0.25, 0.3) is 44.3 Å². The van der Waals surface area contributed by atoms with Gasteiger partial charge in [0, 0.05) is 63.1 Å². The van der Waals surface area contributed by atoms with Crippen LogP contribution in [0.5, 0.6) is 11.5 Å². The van der Waals surface area contributed by atoms with Gasteiger partial charge in [0.15, 0.2) is 0 Å². The molecule has 1 aliphatic rings. The quantitative estimate of drug-likeness (QED) is 0.130. The van der Waals surface area contributed by atoms with Crippen molar-refractivity contribution in [2.75, 3.05) is 18.0 Å². The Labute approximate surface area is 294 Å². The normalized spacial score (nSPS) is 15.0. The Balaban J connectivity index is 0.00000392. The van der Waals surface area contributed by atoms with Crippen LogP contribution in [0.4, 0.5) is 5.69 Å². The number of para-hydroxylation sites is 1. The van der Waals surface area contributed by atoms with E-state index in [-0.39, 0.29) is 26.5 Å². The van der Waals surface area contributed by atoms with Crippen LogP contribution in [0, 0.1) is 18.5 Å². The topological polar surface area (TPSA) is 39.1 Å². The summed E-state index contributed by atoms with van der Waals surface area (Å²) in [5, 5.41) is 2.16. The maximum absolute atomic E-state index is 8.26. The molecule has 4 aromatic carbocycles. The SMILES string of the molecule is [2H]C([2H])([2H])[n+]1[c-]n(-c2[c-]c(Oc3[c-]c4c(cc3)c3ccccc3n4-c3cc(C(C)(C)C)ccn3)ccc2)c2ccc(N3CCCCC3)cc21.[Pt]. The molecule has 0 aliphatic carbocycles. The monoisotopic (exact) mass is 801 g/mol. The van der Waals surface area contributed by atoms with Gasteiger partial charge in [-0.15, -0.1) is 29.7 Å². The first-order chi connectivity index (χ1) is 23.5. The van der Waals surface area contributed by atoms with Crippen molar-refractivity contribution in [3.05, 3.63) is 115 Å². The second-order valence-electron chi connectivity index (χ2n) is 13.1. The molecule has 0 amide bonds. The van der Waals surface area contributed by atoms with Gasteiger partial charge in [-0.3, -0.25) is 0 Å². The van der Waals surface area contributed by atoms with Gasteiger partial charge in [0.1, 0.15) is 5.82 Å². The summed E-state index contributed by atoms with van der Waals surface area (Å²) >= 11 is 0. The van der Waals surface area contributed by atoms with Gasteiger partial charge in [0.25, 0.3) is 0 Å². The second kappa shape index (κ2) is 12.3. The molecule has 47 heavy (non-hydrogen) atoms. The number of aromatic nitrogens is 4. The van der Waals surface area contributed by atoms with E-state index in [1.54, 1.807) is 4.57 Å². The van der Waals surface area contributed by atoms with Gasteiger partial charge in [-0.1, -0.05) is 56.2 Å². The Bertz CT molecular complexity index is 2350. The van der Waals surface area contributed by atoms with Gasteiger partial charge in [-0.25, -0.2) is 4.98 Å². The smallest absolute Gasteiger partial charge is 0.242 e. The Morgan fingerprint density at radius 2 is 1.66 bits per heavy atom. The number of anilines is 1. The minimum Gasteiger partial charge on any atom is -0.510 e. The molecule has 4 heterocycles. The van der Waals surface area contributed by atoms with Gasteiger partial charge in [0.2, 0.25) is 6.33 Å². The van der Waals surface area contributed by atoms with E-state index in [4.69, 9.17) is 13.8 Å². The zero-order valence-corrected chi connectivity index (χ0v) is 28.9. The van der Waals surface area contributed by atoms with Crippen molar-refractivity contribution in [3.8, 4) is 23.0 Å². The van der Waals surface area contributed by atoms with Gasteiger partial charge in [0.05, 0.1) is 22.1 Å². The molecule has 7 heteroatoms. The maximum Gasteiger partial charge on any atom is 0.242 e. The van der Waals surface area contributed by atoms with E-state index in [9.17, 15) is 0 Å². The van der Waals surface area contributed by atoms with Crippen molar-refractivity contribution >= 4 is 38.5 Å². The fourth-order valence-corrected chi connectivity index (χ4v) is 6.54. The third-order valence-corrected chi connectivity index (χ3v) is 8.97. The maximum atomic E-state index is 8.26. The first kappa shape index (κ1) is 27.7. The van der Waals surface area contributed by atoms with Crippen molar-refractivity contribution < 1.29 is 34.5 Å². The van der Waals surface area contributed by atoms with Crippen molar-refractivity contribution in [2.24, 2.45) is 6.98 Å². The fourth-order valence-electron chi connectivity index (χ4n) is 6.54. The van der Waals surface area contributed by atoms with Crippen LogP contribution >= 0.6 is 0 Å². The summed E-state index contributed by atoms with van der Waals surface area (Å²) < 4.78 is 36.3. The molecular weight excluding hydrogens is 762 g/mol. The van der Waals surface area contributed by atoms with Crippen molar-refractivity contribution in [1.29, 1.82) is 0 Å². The molecule has 0 radical (unpaired) electrons. The summed E-state index contributed by atoms with van der Waals surface area (Å²) in [6, 6.07) is 35.0. The van der Waals surface area contributed by atoms with Crippen LogP contribution in [0.15, 0.2) is 91.1 Å². The first-order valence-corrected chi connectivity index (χ1v) is 15.9. The number of ether oxygens (including phenoxy) is 1. The number of fused-ring (bicyclic) bond motifs is 4. The van der Waals surface area contributed by atoms with E-state index in [1.807, 2.05) is 54.7 Å². The van der Waals surface area contributed by atoms with Crippen LogP contribution in [0.1, 0.15) is 49.7 Å². The van der Waals surface area contributed by atoms with E-state index in [1.165, 1.54) is 16.6 Å². The van der Waals surface area contributed by atoms with Crippen molar-refractivity contribution in [3.63, 3.8) is 0 Å². The summed E-state index contributed by atoms with van der Waals surface area (Å²) in [5.41, 5.74) is 6.04. The molecule has 1 fully saturated rings. The Hall–Kier alpha value is -4.41. The standard InChI is InChI=1S/C40H37N5O.Pt/c1-40(2,3)28-19-20-41-39(23-28)45-35-14-7-6-13-33(35)34-17-16-32(26-37(34)45)46-31-12-10-11-30(24-31)44-27-42(4)38-25-29(15-18-36(38)44)43-21-8-5-9-22-43;/h6-7,10-20,23,25H,5,8-9,21-22H2,1-4H3;/q-2;/i4D3;. The predicted octanol–water partition coefficient (Wildman–Crippen LogP) is 8.43. The van der Waals surface area contributed by atoms with Crippen LogP contribution in [-0.4, -0.2) is 27.2 Å². The van der Waals surface area contributed by atoms with Gasteiger partial charge in [-0.2, -0.15) is 18.2 Å². The second-order valence-corrected chi connectivity index (χ2v) is 13.1. The fraction of sp³-hybridized carbons (Fsp3) is 0.250. The molecular formula is C40H37N5OPt-2. The number of pyridine rings is 1. The number of imidazole rings is 1. The molecule has 1 aliphatic heterocycles. The molecule has 0 unspecified atom stereocenters. The van der Waals surface area contributed by atoms with E-state index < -0.39 is 6.98 Å². The summed E-state index contributed by atoms with van der Waals surface area (Å²) in [6.07, 6.45) is 8.46. The van der Waals surface area contributed by atoms with Crippen LogP contribution in [0.2, 0.25) is 0 Å². The molecule has 1 saturated heterocycles. The minimum absolute atomic E-state index is 0. The summed E-state index contributed by atoms with van der Waals surface area (Å²) in [6.45, 7) is 6.14. The van der Waals surface area contributed by atoms with Crippen LogP contribution in [-0.2, 0) is 33.5 Å². The average molecular weight is 802 g/mol. The molecule has 0 atom stereocenters. The number of rotatable bonds is 5. The zero-order chi connectivity index (χ0) is 33.9. The molecule has 0 saturated carbocycles. The largest absolute Gasteiger partial charge is 0.510 e. The molecule has 8 rings (SSSR count). The number of nitrogens with zero attached hydrogens (tertiary/aromatic N) is 5. The number of aryl methyl sites for hydroxylation is 1. The van der Waals surface area contributed by atoms with Crippen LogP contribution < -0.4 is 14.2 Å². The molecule has 7 aromatic rings. The molecule has 240 valence electrons. The molecule has 0 bridgehead atoms. The van der Waals surface area contributed by atoms with E-state index in [0.717, 1.165) is 64.8 Å². The average Bonchev–Trinajstić information content (AvgIpc) is 3.64. The van der Waals surface area contributed by atoms with Crippen molar-refractivity contribution in [1.82, 2.24) is 14.1 Å². The number of hydrogen-bond acceptors (Lipinski definition) is 3. The molecule has 3 aromatic heterocycles. The van der Waals surface area contributed by atoms with Gasteiger partial charge < -0.3 is 23.3 Å². The number of piperidine rings is 1. The van der Waals surface area contributed by atoms with Gasteiger partial charge >= 0.3 is 0 Å². The Morgan fingerprint density at radius 3 is 2.49 bits per heavy atom. The Kier molecular flexibility index (Phi) is 7.25. The third kappa shape index (κ3) is 5.74. The zero-order valence-electron chi connectivity index (χ0n) is 29.7. The number of benzene rings is 4. The molecule has 6 nitrogen and oxygen atoms in total. The van der Waals surface area contributed by atoms with E-state index in [0.29, 0.717) is 22.7 Å². The molecule has 0 N–H and O–H groups in total. The van der Waals surface area contributed by atoms with Crippen molar-refractivity contribution in [2.45, 2.75) is 45.4 Å². The Morgan fingerprint density at radius 1 is 0.830 bits per heavy atom. The van der Waals surface area contributed by atoms with E-state index in [2.05, 4.69) is 85.1 Å².